The van der Waals surface area contributed by atoms with E-state index in [2.05, 4.69) is 12.7 Å². The second kappa shape index (κ2) is 4.04. The van der Waals surface area contributed by atoms with Gasteiger partial charge in [0.25, 0.3) is 0 Å². The first-order valence-electron chi connectivity index (χ1n) is 6.48. The SMILES string of the molecule is C=C[C@@]12CCC[C@@H]1CN(C(=O)OC(C)(C)C)C2. The molecule has 3 heteroatoms. The minimum absolute atomic E-state index is 0.164. The molecule has 2 aliphatic rings. The molecule has 0 bridgehead atoms. The summed E-state index contributed by atoms with van der Waals surface area (Å²) < 4.78 is 5.43. The Hall–Kier alpha value is -0.990. The molecule has 0 spiro atoms. The van der Waals surface area contributed by atoms with Gasteiger partial charge >= 0.3 is 6.09 Å². The molecule has 1 aliphatic heterocycles. The Bertz CT molecular complexity index is 332. The maximum Gasteiger partial charge on any atom is 0.410 e. The topological polar surface area (TPSA) is 29.5 Å². The van der Waals surface area contributed by atoms with E-state index in [1.165, 1.54) is 19.3 Å². The first-order chi connectivity index (χ1) is 7.86. The Balaban J connectivity index is 2.03. The second-order valence-corrected chi connectivity index (χ2v) is 6.39. The predicted octanol–water partition coefficient (Wildman–Crippen LogP) is 3.21. The zero-order valence-corrected chi connectivity index (χ0v) is 11.2. The maximum atomic E-state index is 12.0. The van der Waals surface area contributed by atoms with Crippen molar-refractivity contribution in [1.29, 1.82) is 0 Å². The van der Waals surface area contributed by atoms with Crippen molar-refractivity contribution in [1.82, 2.24) is 4.90 Å². The van der Waals surface area contributed by atoms with E-state index >= 15 is 0 Å². The molecule has 3 nitrogen and oxygen atoms in total. The van der Waals surface area contributed by atoms with Crippen molar-refractivity contribution < 1.29 is 9.53 Å². The van der Waals surface area contributed by atoms with E-state index in [9.17, 15) is 4.79 Å². The first kappa shape index (κ1) is 12.5. The van der Waals surface area contributed by atoms with Gasteiger partial charge in [0.1, 0.15) is 5.60 Å². The van der Waals surface area contributed by atoms with E-state index in [-0.39, 0.29) is 11.5 Å². The van der Waals surface area contributed by atoms with Gasteiger partial charge in [-0.3, -0.25) is 0 Å². The summed E-state index contributed by atoms with van der Waals surface area (Å²) >= 11 is 0. The van der Waals surface area contributed by atoms with Crippen molar-refractivity contribution in [3.05, 3.63) is 12.7 Å². The summed E-state index contributed by atoms with van der Waals surface area (Å²) in [5.41, 5.74) is -0.243. The number of ether oxygens (including phenoxy) is 1. The van der Waals surface area contributed by atoms with E-state index in [1.54, 1.807) is 0 Å². The molecule has 0 unspecified atom stereocenters. The smallest absolute Gasteiger partial charge is 0.410 e. The molecule has 1 aliphatic carbocycles. The maximum absolute atomic E-state index is 12.0. The van der Waals surface area contributed by atoms with E-state index in [0.717, 1.165) is 13.1 Å². The third-order valence-corrected chi connectivity index (χ3v) is 3.99. The van der Waals surface area contributed by atoms with Crippen molar-refractivity contribution in [2.24, 2.45) is 11.3 Å². The van der Waals surface area contributed by atoms with Crippen LogP contribution in [0.4, 0.5) is 4.79 Å². The molecule has 0 aromatic carbocycles. The van der Waals surface area contributed by atoms with Crippen LogP contribution in [0.5, 0.6) is 0 Å². The molecule has 0 aromatic heterocycles. The van der Waals surface area contributed by atoms with Gasteiger partial charge in [-0.15, -0.1) is 6.58 Å². The van der Waals surface area contributed by atoms with Crippen molar-refractivity contribution in [2.75, 3.05) is 13.1 Å². The minimum atomic E-state index is -0.407. The van der Waals surface area contributed by atoms with Crippen LogP contribution in [0.15, 0.2) is 12.7 Å². The molecular formula is C14H23NO2. The molecule has 1 saturated carbocycles. The monoisotopic (exact) mass is 237 g/mol. The van der Waals surface area contributed by atoms with Crippen molar-refractivity contribution in [3.8, 4) is 0 Å². The highest BCUT2D eigenvalue weighted by Gasteiger charge is 2.49. The molecule has 2 atom stereocenters. The van der Waals surface area contributed by atoms with Crippen LogP contribution >= 0.6 is 0 Å². The zero-order valence-electron chi connectivity index (χ0n) is 11.2. The summed E-state index contributed by atoms with van der Waals surface area (Å²) in [6.07, 6.45) is 5.53. The van der Waals surface area contributed by atoms with Crippen LogP contribution in [0.1, 0.15) is 40.0 Å². The molecule has 0 aromatic rings. The summed E-state index contributed by atoms with van der Waals surface area (Å²) in [5, 5.41) is 0. The lowest BCUT2D eigenvalue weighted by atomic mass is 9.81. The average Bonchev–Trinajstić information content (AvgIpc) is 2.70. The first-order valence-corrected chi connectivity index (χ1v) is 6.48. The number of rotatable bonds is 1. The van der Waals surface area contributed by atoms with Gasteiger partial charge in [0, 0.05) is 18.5 Å². The molecule has 17 heavy (non-hydrogen) atoms. The van der Waals surface area contributed by atoms with Crippen molar-refractivity contribution in [2.45, 2.75) is 45.6 Å². The average molecular weight is 237 g/mol. The van der Waals surface area contributed by atoms with Crippen molar-refractivity contribution >= 4 is 6.09 Å². The summed E-state index contributed by atoms with van der Waals surface area (Å²) in [6, 6.07) is 0. The minimum Gasteiger partial charge on any atom is -0.444 e. The lowest BCUT2D eigenvalue weighted by Gasteiger charge is -2.26. The molecule has 1 saturated heterocycles. The van der Waals surface area contributed by atoms with Gasteiger partial charge < -0.3 is 9.64 Å². The Morgan fingerprint density at radius 3 is 2.76 bits per heavy atom. The molecule has 96 valence electrons. The van der Waals surface area contributed by atoms with Crippen LogP contribution in [-0.2, 0) is 4.74 Å². The van der Waals surface area contributed by atoms with Crippen LogP contribution in [-0.4, -0.2) is 29.7 Å². The number of amides is 1. The van der Waals surface area contributed by atoms with Crippen LogP contribution in [0.25, 0.3) is 0 Å². The van der Waals surface area contributed by atoms with Gasteiger partial charge in [0.05, 0.1) is 0 Å². The molecular weight excluding hydrogens is 214 g/mol. The normalized spacial score (nSPS) is 32.4. The summed E-state index contributed by atoms with van der Waals surface area (Å²) in [4.78, 5) is 13.9. The molecule has 2 rings (SSSR count). The Morgan fingerprint density at radius 2 is 2.24 bits per heavy atom. The number of likely N-dealkylation sites (tertiary alicyclic amines) is 1. The van der Waals surface area contributed by atoms with E-state index < -0.39 is 5.60 Å². The van der Waals surface area contributed by atoms with Crippen LogP contribution in [0.3, 0.4) is 0 Å². The van der Waals surface area contributed by atoms with E-state index in [4.69, 9.17) is 4.74 Å². The van der Waals surface area contributed by atoms with E-state index in [1.807, 2.05) is 25.7 Å². The third-order valence-electron chi connectivity index (χ3n) is 3.99. The van der Waals surface area contributed by atoms with Crippen LogP contribution in [0.2, 0.25) is 0 Å². The van der Waals surface area contributed by atoms with Gasteiger partial charge in [-0.2, -0.15) is 0 Å². The number of hydrogen-bond acceptors (Lipinski definition) is 2. The molecule has 1 heterocycles. The number of fused-ring (bicyclic) bond motifs is 1. The van der Waals surface area contributed by atoms with Gasteiger partial charge in [-0.1, -0.05) is 12.5 Å². The fraction of sp³-hybridized carbons (Fsp3) is 0.786. The largest absolute Gasteiger partial charge is 0.444 e. The number of hydrogen-bond donors (Lipinski definition) is 0. The number of carbonyl (C=O) groups excluding carboxylic acids is 1. The van der Waals surface area contributed by atoms with E-state index in [0.29, 0.717) is 5.92 Å². The van der Waals surface area contributed by atoms with Crippen molar-refractivity contribution in [3.63, 3.8) is 0 Å². The Labute approximate surface area is 104 Å². The van der Waals surface area contributed by atoms with Gasteiger partial charge in [-0.05, 0) is 39.5 Å². The van der Waals surface area contributed by atoms with Gasteiger partial charge in [-0.25, -0.2) is 4.79 Å². The number of nitrogens with zero attached hydrogens (tertiary/aromatic N) is 1. The lowest BCUT2D eigenvalue weighted by molar-refractivity contribution is 0.0274. The highest BCUT2D eigenvalue weighted by Crippen LogP contribution is 2.49. The summed E-state index contributed by atoms with van der Waals surface area (Å²) in [5.74, 6) is 0.590. The fourth-order valence-electron chi connectivity index (χ4n) is 3.14. The predicted molar refractivity (Wildman–Crippen MR) is 67.8 cm³/mol. The second-order valence-electron chi connectivity index (χ2n) is 6.39. The Morgan fingerprint density at radius 1 is 1.53 bits per heavy atom. The summed E-state index contributed by atoms with van der Waals surface area (Å²) in [7, 11) is 0. The molecule has 1 amide bonds. The van der Waals surface area contributed by atoms with Crippen LogP contribution in [0, 0.1) is 11.3 Å². The zero-order chi connectivity index (χ0) is 12.7. The van der Waals surface area contributed by atoms with Gasteiger partial charge in [0.15, 0.2) is 0 Å². The molecule has 0 N–H and O–H groups in total. The van der Waals surface area contributed by atoms with Crippen LogP contribution < -0.4 is 0 Å². The highest BCUT2D eigenvalue weighted by atomic mass is 16.6. The number of carbonyl (C=O) groups is 1. The molecule has 0 radical (unpaired) electrons. The standard InChI is InChI=1S/C14H23NO2/c1-5-14-8-6-7-11(14)9-15(10-14)12(16)17-13(2,3)4/h5,11H,1,6-10H2,2-4H3/t11-,14+/m1/s1. The highest BCUT2D eigenvalue weighted by molar-refractivity contribution is 5.68. The lowest BCUT2D eigenvalue weighted by Crippen LogP contribution is -2.36. The third kappa shape index (κ3) is 2.33. The Kier molecular flexibility index (Phi) is 2.96. The fourth-order valence-corrected chi connectivity index (χ4v) is 3.14. The van der Waals surface area contributed by atoms with Gasteiger partial charge in [0.2, 0.25) is 0 Å². The molecule has 2 fully saturated rings. The summed E-state index contributed by atoms with van der Waals surface area (Å²) in [6.45, 7) is 11.3. The quantitative estimate of drug-likeness (QED) is 0.655.